The van der Waals surface area contributed by atoms with E-state index >= 15 is 0 Å². The Labute approximate surface area is 98.3 Å². The van der Waals surface area contributed by atoms with Crippen LogP contribution < -0.4 is 33.7 Å². The molecule has 0 radical (unpaired) electrons. The van der Waals surface area contributed by atoms with Gasteiger partial charge in [-0.15, -0.1) is 0 Å². The first-order chi connectivity index (χ1) is 5.08. The van der Waals surface area contributed by atoms with E-state index in [1.807, 2.05) is 0 Å². The molecule has 0 aliphatic rings. The van der Waals surface area contributed by atoms with Gasteiger partial charge in [0, 0.05) is 0 Å². The van der Waals surface area contributed by atoms with Crippen LogP contribution in [0, 0.1) is 0 Å². The van der Waals surface area contributed by atoms with Crippen molar-refractivity contribution in [1.82, 2.24) is 0 Å². The van der Waals surface area contributed by atoms with Crippen molar-refractivity contribution in [3.8, 4) is 5.75 Å². The van der Waals surface area contributed by atoms with Crippen LogP contribution >= 0.6 is 0 Å². The van der Waals surface area contributed by atoms with Crippen LogP contribution in [-0.2, 0) is 20.8 Å². The van der Waals surface area contributed by atoms with Crippen LogP contribution in [0.4, 0.5) is 0 Å². The second-order valence-electron chi connectivity index (χ2n) is 1.80. The largest absolute Gasteiger partial charge is 1.00 e. The van der Waals surface area contributed by atoms with Crippen LogP contribution in [0.2, 0.25) is 0 Å². The SMILES string of the molecule is O=S(=O)([S-])Oc1ccccc1.[Na+]. The summed E-state index contributed by atoms with van der Waals surface area (Å²) in [5.41, 5.74) is 0. The zero-order chi connectivity index (χ0) is 8.32. The van der Waals surface area contributed by atoms with Crippen molar-refractivity contribution in [2.75, 3.05) is 0 Å². The summed E-state index contributed by atoms with van der Waals surface area (Å²) in [7, 11) is -3.79. The predicted molar refractivity (Wildman–Crippen MR) is 43.4 cm³/mol. The molecule has 0 saturated heterocycles. The first-order valence-electron chi connectivity index (χ1n) is 2.78. The predicted octanol–water partition coefficient (Wildman–Crippen LogP) is -2.14. The molecule has 0 spiro atoms. The minimum Gasteiger partial charge on any atom is -0.606 e. The molecule has 1 aromatic rings. The van der Waals surface area contributed by atoms with Gasteiger partial charge >= 0.3 is 29.6 Å². The van der Waals surface area contributed by atoms with Gasteiger partial charge in [-0.1, -0.05) is 18.2 Å². The molecule has 0 aliphatic heterocycles. The number of para-hydroxylation sites is 1. The quantitative estimate of drug-likeness (QED) is 0.319. The fraction of sp³-hybridized carbons (Fsp3) is 0. The first kappa shape index (κ1) is 12.3. The summed E-state index contributed by atoms with van der Waals surface area (Å²) in [6.07, 6.45) is 0. The van der Waals surface area contributed by atoms with Crippen molar-refractivity contribution in [3.05, 3.63) is 30.3 Å². The van der Waals surface area contributed by atoms with E-state index in [0.717, 1.165) is 0 Å². The molecule has 60 valence electrons. The Balaban J connectivity index is 0.00000121. The summed E-state index contributed by atoms with van der Waals surface area (Å²) < 4.78 is 25.2. The van der Waals surface area contributed by atoms with Gasteiger partial charge in [0.05, 0.1) is 0 Å². The average Bonchev–Trinajstić information content (AvgIpc) is 1.85. The molecule has 6 heteroatoms. The van der Waals surface area contributed by atoms with Crippen LogP contribution in [0.15, 0.2) is 30.3 Å². The van der Waals surface area contributed by atoms with Gasteiger partial charge in [-0.25, -0.2) is 8.42 Å². The van der Waals surface area contributed by atoms with E-state index in [1.165, 1.54) is 12.1 Å². The summed E-state index contributed by atoms with van der Waals surface area (Å²) in [5, 5.41) is 0. The molecule has 1 aromatic carbocycles. The molecule has 0 atom stereocenters. The topological polar surface area (TPSA) is 43.4 Å². The number of hydrogen-bond donors (Lipinski definition) is 0. The molecular weight excluding hydrogens is 207 g/mol. The van der Waals surface area contributed by atoms with Gasteiger partial charge in [-0.05, 0) is 12.1 Å². The number of benzene rings is 1. The van der Waals surface area contributed by atoms with Crippen LogP contribution in [0.5, 0.6) is 5.75 Å². The van der Waals surface area contributed by atoms with Crippen molar-refractivity contribution in [3.63, 3.8) is 0 Å². The van der Waals surface area contributed by atoms with Crippen LogP contribution in [0.3, 0.4) is 0 Å². The molecule has 0 bridgehead atoms. The summed E-state index contributed by atoms with van der Waals surface area (Å²) in [4.78, 5) is 0. The zero-order valence-electron chi connectivity index (χ0n) is 6.43. The number of rotatable bonds is 2. The maximum Gasteiger partial charge on any atom is 1.00 e. The van der Waals surface area contributed by atoms with Crippen molar-refractivity contribution < 1.29 is 42.2 Å². The molecule has 0 saturated carbocycles. The summed E-state index contributed by atoms with van der Waals surface area (Å²) in [5.74, 6) is 0.238. The van der Waals surface area contributed by atoms with E-state index in [2.05, 4.69) is 15.8 Å². The van der Waals surface area contributed by atoms with Crippen LogP contribution in [0.25, 0.3) is 0 Å². The van der Waals surface area contributed by atoms with Crippen molar-refractivity contribution in [2.24, 2.45) is 0 Å². The van der Waals surface area contributed by atoms with Gasteiger partial charge in [0.2, 0.25) is 0 Å². The average molecular weight is 212 g/mol. The summed E-state index contributed by atoms with van der Waals surface area (Å²) in [6, 6.07) is 8.11. The molecule has 0 heterocycles. The third-order valence-electron chi connectivity index (χ3n) is 0.941. The Hall–Kier alpha value is 0.320. The second-order valence-corrected chi connectivity index (χ2v) is 4.01. The maximum atomic E-state index is 10.4. The Morgan fingerprint density at radius 1 is 1.17 bits per heavy atom. The van der Waals surface area contributed by atoms with Gasteiger partial charge in [-0.2, -0.15) is 0 Å². The van der Waals surface area contributed by atoms with E-state index in [9.17, 15) is 8.42 Å². The Bertz CT molecular complexity index is 322. The Kier molecular flexibility index (Phi) is 5.27. The zero-order valence-corrected chi connectivity index (χ0v) is 10.1. The van der Waals surface area contributed by atoms with Crippen LogP contribution in [-0.4, -0.2) is 8.42 Å². The van der Waals surface area contributed by atoms with Gasteiger partial charge < -0.3 is 15.8 Å². The molecule has 3 nitrogen and oxygen atoms in total. The molecule has 0 unspecified atom stereocenters. The summed E-state index contributed by atoms with van der Waals surface area (Å²) in [6.45, 7) is 0. The maximum absolute atomic E-state index is 10.4. The third kappa shape index (κ3) is 5.05. The molecule has 1 rings (SSSR count). The van der Waals surface area contributed by atoms with Gasteiger partial charge in [0.1, 0.15) is 5.75 Å². The van der Waals surface area contributed by atoms with E-state index in [-0.39, 0.29) is 35.3 Å². The van der Waals surface area contributed by atoms with Gasteiger partial charge in [-0.3, -0.25) is 0 Å². The molecule has 12 heavy (non-hydrogen) atoms. The molecule has 0 amide bonds. The molecule has 0 N–H and O–H groups in total. The summed E-state index contributed by atoms with van der Waals surface area (Å²) >= 11 is 4.02. The van der Waals surface area contributed by atoms with Crippen molar-refractivity contribution in [2.45, 2.75) is 0 Å². The molecule has 0 fully saturated rings. The van der Waals surface area contributed by atoms with Crippen LogP contribution in [0.1, 0.15) is 0 Å². The van der Waals surface area contributed by atoms with Gasteiger partial charge in [0.15, 0.2) is 9.15 Å². The fourth-order valence-electron chi connectivity index (χ4n) is 0.594. The molecule has 0 aliphatic carbocycles. The Morgan fingerprint density at radius 3 is 2.08 bits per heavy atom. The van der Waals surface area contributed by atoms with E-state index in [0.29, 0.717) is 0 Å². The minimum absolute atomic E-state index is 0. The minimum atomic E-state index is -3.79. The Morgan fingerprint density at radius 2 is 1.67 bits per heavy atom. The van der Waals surface area contributed by atoms with Crippen molar-refractivity contribution in [1.29, 1.82) is 0 Å². The van der Waals surface area contributed by atoms with Gasteiger partial charge in [0.25, 0.3) is 0 Å². The third-order valence-corrected chi connectivity index (χ3v) is 1.54. The van der Waals surface area contributed by atoms with E-state index in [1.54, 1.807) is 18.2 Å². The second kappa shape index (κ2) is 5.14. The monoisotopic (exact) mass is 212 g/mol. The molecular formula is C6H5NaO3S2. The molecule has 0 aromatic heterocycles. The van der Waals surface area contributed by atoms with E-state index in [4.69, 9.17) is 0 Å². The normalized spacial score (nSPS) is 10.1. The van der Waals surface area contributed by atoms with E-state index < -0.39 is 9.15 Å². The standard InChI is InChI=1S/C6H6O3S2.Na/c7-11(8,10)9-6-4-2-1-3-5-6;/h1-5H,(H,7,8,10);/q;+1/p-1. The van der Waals surface area contributed by atoms with Crippen molar-refractivity contribution >= 4 is 20.8 Å². The number of hydrogen-bond acceptors (Lipinski definition) is 4. The smallest absolute Gasteiger partial charge is 0.606 e. The first-order valence-corrected chi connectivity index (χ1v) is 5.11. The fourth-order valence-corrected chi connectivity index (χ4v) is 1.18.